The van der Waals surface area contributed by atoms with Crippen molar-refractivity contribution in [3.8, 4) is 5.75 Å². The number of tetrazole rings is 1. The molecule has 0 radical (unpaired) electrons. The SMILES string of the molecule is CCOc1ccc(NC(=O)CSc2nnnn2C(C)(C)C)cc1S(=O)(=O)N(CC)CC. The van der Waals surface area contributed by atoms with Crippen molar-refractivity contribution in [2.75, 3.05) is 30.8 Å². The second kappa shape index (κ2) is 10.4. The van der Waals surface area contributed by atoms with Crippen LogP contribution in [0.5, 0.6) is 5.75 Å². The topological polar surface area (TPSA) is 119 Å². The molecule has 1 amide bonds. The Balaban J connectivity index is 2.20. The first-order valence-electron chi connectivity index (χ1n) is 10.0. The zero-order valence-corrected chi connectivity index (χ0v) is 20.4. The molecule has 0 fully saturated rings. The molecule has 1 aromatic heterocycles. The van der Waals surface area contributed by atoms with Crippen molar-refractivity contribution in [2.24, 2.45) is 0 Å². The molecule has 1 heterocycles. The Morgan fingerprint density at radius 3 is 2.48 bits per heavy atom. The third-order valence-electron chi connectivity index (χ3n) is 4.26. The summed E-state index contributed by atoms with van der Waals surface area (Å²) in [6.07, 6.45) is 0. The average molecular weight is 471 g/mol. The highest BCUT2D eigenvalue weighted by Gasteiger charge is 2.26. The lowest BCUT2D eigenvalue weighted by atomic mass is 10.1. The maximum atomic E-state index is 13.0. The number of rotatable bonds is 10. The first-order chi connectivity index (χ1) is 14.5. The molecule has 0 saturated heterocycles. The maximum Gasteiger partial charge on any atom is 0.246 e. The molecule has 0 aliphatic carbocycles. The van der Waals surface area contributed by atoms with Crippen molar-refractivity contribution in [3.05, 3.63) is 18.2 Å². The largest absolute Gasteiger partial charge is 0.492 e. The van der Waals surface area contributed by atoms with Gasteiger partial charge in [-0.1, -0.05) is 25.6 Å². The van der Waals surface area contributed by atoms with Gasteiger partial charge in [-0.2, -0.15) is 4.31 Å². The summed E-state index contributed by atoms with van der Waals surface area (Å²) in [5.74, 6) is 0.0249. The maximum absolute atomic E-state index is 13.0. The van der Waals surface area contributed by atoms with E-state index in [1.54, 1.807) is 37.6 Å². The number of benzene rings is 1. The van der Waals surface area contributed by atoms with Crippen molar-refractivity contribution in [1.29, 1.82) is 0 Å². The van der Waals surface area contributed by atoms with Gasteiger partial charge in [-0.3, -0.25) is 4.79 Å². The van der Waals surface area contributed by atoms with E-state index in [1.807, 2.05) is 20.8 Å². The molecule has 0 aliphatic heterocycles. The van der Waals surface area contributed by atoms with E-state index in [1.165, 1.54) is 22.1 Å². The molecule has 12 heteroatoms. The molecular formula is C19H30N6O4S2. The minimum absolute atomic E-state index is 0.0279. The fourth-order valence-corrected chi connectivity index (χ4v) is 5.26. The van der Waals surface area contributed by atoms with E-state index < -0.39 is 10.0 Å². The van der Waals surface area contributed by atoms with Crippen molar-refractivity contribution < 1.29 is 17.9 Å². The van der Waals surface area contributed by atoms with Crippen LogP contribution in [0.15, 0.2) is 28.3 Å². The van der Waals surface area contributed by atoms with Gasteiger partial charge < -0.3 is 10.1 Å². The summed E-state index contributed by atoms with van der Waals surface area (Å²) in [7, 11) is -3.76. The van der Waals surface area contributed by atoms with Gasteiger partial charge in [0.15, 0.2) is 0 Å². The van der Waals surface area contributed by atoms with Crippen LogP contribution in [0, 0.1) is 0 Å². The summed E-state index contributed by atoms with van der Waals surface area (Å²) in [4.78, 5) is 12.5. The number of thioether (sulfide) groups is 1. The van der Waals surface area contributed by atoms with Crippen LogP contribution in [0.4, 0.5) is 5.69 Å². The Morgan fingerprint density at radius 2 is 1.90 bits per heavy atom. The number of anilines is 1. The fourth-order valence-electron chi connectivity index (χ4n) is 2.78. The molecule has 0 spiro atoms. The number of nitrogens with zero attached hydrogens (tertiary/aromatic N) is 5. The number of carbonyl (C=O) groups excluding carboxylic acids is 1. The van der Waals surface area contributed by atoms with E-state index in [0.29, 0.717) is 30.5 Å². The van der Waals surface area contributed by atoms with E-state index in [-0.39, 0.29) is 27.8 Å². The number of sulfonamides is 1. The number of aromatic nitrogens is 4. The van der Waals surface area contributed by atoms with Gasteiger partial charge in [-0.25, -0.2) is 13.1 Å². The van der Waals surface area contributed by atoms with Crippen molar-refractivity contribution in [1.82, 2.24) is 24.5 Å². The summed E-state index contributed by atoms with van der Waals surface area (Å²) in [5, 5.41) is 14.9. The molecule has 0 bridgehead atoms. The van der Waals surface area contributed by atoms with E-state index in [4.69, 9.17) is 4.74 Å². The predicted octanol–water partition coefficient (Wildman–Crippen LogP) is 2.59. The lowest BCUT2D eigenvalue weighted by molar-refractivity contribution is -0.113. The highest BCUT2D eigenvalue weighted by molar-refractivity contribution is 7.99. The van der Waals surface area contributed by atoms with Crippen LogP contribution in [0.25, 0.3) is 0 Å². The molecule has 2 aromatic rings. The normalized spacial score (nSPS) is 12.2. The molecule has 0 unspecified atom stereocenters. The average Bonchev–Trinajstić information content (AvgIpc) is 3.17. The van der Waals surface area contributed by atoms with Gasteiger partial charge in [0.05, 0.1) is 17.9 Å². The first-order valence-corrected chi connectivity index (χ1v) is 12.5. The molecular weight excluding hydrogens is 440 g/mol. The molecule has 1 N–H and O–H groups in total. The zero-order chi connectivity index (χ0) is 23.2. The van der Waals surface area contributed by atoms with E-state index in [0.717, 1.165) is 0 Å². The molecule has 0 aliphatic rings. The monoisotopic (exact) mass is 470 g/mol. The van der Waals surface area contributed by atoms with Crippen molar-refractivity contribution >= 4 is 33.4 Å². The predicted molar refractivity (Wildman–Crippen MR) is 120 cm³/mol. The number of amides is 1. The summed E-state index contributed by atoms with van der Waals surface area (Å²) in [5.41, 5.74) is 0.0562. The number of hydrogen-bond acceptors (Lipinski definition) is 8. The highest BCUT2D eigenvalue weighted by atomic mass is 32.2. The minimum atomic E-state index is -3.76. The van der Waals surface area contributed by atoms with Crippen LogP contribution in [0.2, 0.25) is 0 Å². The quantitative estimate of drug-likeness (QED) is 0.526. The van der Waals surface area contributed by atoms with E-state index in [2.05, 4.69) is 20.8 Å². The van der Waals surface area contributed by atoms with Crippen LogP contribution in [0.3, 0.4) is 0 Å². The Bertz CT molecular complexity index is 997. The Labute approximate surface area is 187 Å². The number of nitrogens with one attached hydrogen (secondary N) is 1. The van der Waals surface area contributed by atoms with Crippen LogP contribution in [0.1, 0.15) is 41.5 Å². The third kappa shape index (κ3) is 6.17. The lowest BCUT2D eigenvalue weighted by Gasteiger charge is -2.21. The van der Waals surface area contributed by atoms with Crippen molar-refractivity contribution in [2.45, 2.75) is 57.1 Å². The number of ether oxygens (including phenoxy) is 1. The molecule has 0 saturated carbocycles. The Kier molecular flexibility index (Phi) is 8.43. The van der Waals surface area contributed by atoms with Crippen LogP contribution in [-0.2, 0) is 20.4 Å². The van der Waals surface area contributed by atoms with Gasteiger partial charge in [0.1, 0.15) is 10.6 Å². The first kappa shape index (κ1) is 25.1. The van der Waals surface area contributed by atoms with Gasteiger partial charge in [-0.05, 0) is 56.3 Å². The zero-order valence-electron chi connectivity index (χ0n) is 18.7. The van der Waals surface area contributed by atoms with Crippen LogP contribution in [-0.4, -0.2) is 64.3 Å². The molecule has 31 heavy (non-hydrogen) atoms. The molecule has 2 rings (SSSR count). The number of hydrogen-bond donors (Lipinski definition) is 1. The summed E-state index contributed by atoms with van der Waals surface area (Å²) in [6.45, 7) is 12.2. The van der Waals surface area contributed by atoms with E-state index >= 15 is 0 Å². The highest BCUT2D eigenvalue weighted by Crippen LogP contribution is 2.30. The molecule has 0 atom stereocenters. The number of carbonyl (C=O) groups is 1. The van der Waals surface area contributed by atoms with Gasteiger partial charge in [-0.15, -0.1) is 5.10 Å². The summed E-state index contributed by atoms with van der Waals surface area (Å²) in [6, 6.07) is 4.61. The Hall–Kier alpha value is -2.18. The minimum Gasteiger partial charge on any atom is -0.492 e. The third-order valence-corrected chi connectivity index (χ3v) is 7.25. The lowest BCUT2D eigenvalue weighted by Crippen LogP contribution is -2.31. The fraction of sp³-hybridized carbons (Fsp3) is 0.579. The van der Waals surface area contributed by atoms with E-state index in [9.17, 15) is 13.2 Å². The van der Waals surface area contributed by atoms with Crippen LogP contribution < -0.4 is 10.1 Å². The van der Waals surface area contributed by atoms with Gasteiger partial charge in [0.25, 0.3) is 0 Å². The van der Waals surface area contributed by atoms with Crippen molar-refractivity contribution in [3.63, 3.8) is 0 Å². The summed E-state index contributed by atoms with van der Waals surface area (Å²) >= 11 is 1.20. The second-order valence-electron chi connectivity index (χ2n) is 7.56. The molecule has 172 valence electrons. The van der Waals surface area contributed by atoms with Crippen LogP contribution >= 0.6 is 11.8 Å². The second-order valence-corrected chi connectivity index (χ2v) is 10.4. The smallest absolute Gasteiger partial charge is 0.246 e. The van der Waals surface area contributed by atoms with Gasteiger partial charge >= 0.3 is 0 Å². The Morgan fingerprint density at radius 1 is 1.23 bits per heavy atom. The summed E-state index contributed by atoms with van der Waals surface area (Å²) < 4.78 is 34.6. The van der Waals surface area contributed by atoms with Gasteiger partial charge in [0, 0.05) is 18.8 Å². The van der Waals surface area contributed by atoms with Gasteiger partial charge in [0.2, 0.25) is 21.1 Å². The standard InChI is InChI=1S/C19H30N6O4S2/c1-7-24(8-2)31(27,28)16-12-14(10-11-15(16)29-9-3)20-17(26)13-30-18-21-22-23-25(18)19(4,5)6/h10-12H,7-9,13H2,1-6H3,(H,20,26). The molecule has 10 nitrogen and oxygen atoms in total. The molecule has 1 aromatic carbocycles.